The van der Waals surface area contributed by atoms with Crippen molar-refractivity contribution in [2.75, 3.05) is 32.8 Å². The van der Waals surface area contributed by atoms with Crippen molar-refractivity contribution in [2.45, 2.75) is 0 Å². The van der Waals surface area contributed by atoms with E-state index in [0.717, 1.165) is 13.1 Å². The van der Waals surface area contributed by atoms with Gasteiger partial charge < -0.3 is 19.9 Å². The molecule has 0 saturated carbocycles. The van der Waals surface area contributed by atoms with Crippen LogP contribution in [0.5, 0.6) is 5.75 Å². The Bertz CT molecular complexity index is 1360. The average molecular weight is 448 g/mol. The molecular formula is C23H21FN6O3. The third-order valence-electron chi connectivity index (χ3n) is 5.51. The van der Waals surface area contributed by atoms with E-state index >= 15 is 0 Å². The molecule has 9 nitrogen and oxygen atoms in total. The number of rotatable bonds is 5. The Labute approximate surface area is 187 Å². The molecular weight excluding hydrogens is 427 g/mol. The summed E-state index contributed by atoms with van der Waals surface area (Å²) in [6, 6.07) is 12.8. The molecule has 3 heterocycles. The zero-order valence-corrected chi connectivity index (χ0v) is 17.6. The molecule has 2 N–H and O–H groups in total. The van der Waals surface area contributed by atoms with Crippen LogP contribution in [0.1, 0.15) is 0 Å². The summed E-state index contributed by atoms with van der Waals surface area (Å²) in [6.07, 6.45) is 1.62. The number of hydrogen-bond donors (Lipinski definition) is 2. The highest BCUT2D eigenvalue weighted by molar-refractivity contribution is 5.82. The van der Waals surface area contributed by atoms with Gasteiger partial charge in [-0.15, -0.1) is 5.10 Å². The van der Waals surface area contributed by atoms with Crippen LogP contribution in [0.4, 0.5) is 4.39 Å². The molecule has 0 bridgehead atoms. The molecule has 0 atom stereocenters. The van der Waals surface area contributed by atoms with Gasteiger partial charge in [0.05, 0.1) is 17.4 Å². The van der Waals surface area contributed by atoms with Gasteiger partial charge in [0, 0.05) is 37.1 Å². The number of pyridine rings is 1. The molecule has 0 spiro atoms. The van der Waals surface area contributed by atoms with E-state index in [9.17, 15) is 14.0 Å². The van der Waals surface area contributed by atoms with Gasteiger partial charge in [-0.05, 0) is 48.5 Å². The van der Waals surface area contributed by atoms with Gasteiger partial charge in [0.25, 0.3) is 11.5 Å². The van der Waals surface area contributed by atoms with Crippen molar-refractivity contribution in [3.05, 3.63) is 70.9 Å². The second kappa shape index (κ2) is 8.83. The Morgan fingerprint density at radius 1 is 1.09 bits per heavy atom. The van der Waals surface area contributed by atoms with Crippen molar-refractivity contribution in [2.24, 2.45) is 0 Å². The second-order valence-corrected chi connectivity index (χ2v) is 7.71. The number of aromatic nitrogens is 4. The fourth-order valence-corrected chi connectivity index (χ4v) is 3.73. The maximum Gasteiger partial charge on any atom is 0.260 e. The summed E-state index contributed by atoms with van der Waals surface area (Å²) in [5.41, 5.74) is 1.58. The predicted molar refractivity (Wildman–Crippen MR) is 120 cm³/mol. The zero-order valence-electron chi connectivity index (χ0n) is 17.6. The van der Waals surface area contributed by atoms with Crippen LogP contribution in [0.25, 0.3) is 27.8 Å². The van der Waals surface area contributed by atoms with Crippen LogP contribution in [-0.2, 0) is 4.79 Å². The van der Waals surface area contributed by atoms with Crippen LogP contribution >= 0.6 is 0 Å². The van der Waals surface area contributed by atoms with Crippen molar-refractivity contribution in [1.29, 1.82) is 0 Å². The molecule has 168 valence electrons. The third kappa shape index (κ3) is 4.46. The minimum atomic E-state index is -0.388. The number of ether oxygens (including phenoxy) is 1. The van der Waals surface area contributed by atoms with E-state index in [4.69, 9.17) is 4.74 Å². The number of carbonyl (C=O) groups excluding carboxylic acids is 1. The molecule has 0 radical (unpaired) electrons. The van der Waals surface area contributed by atoms with Crippen molar-refractivity contribution in [1.82, 2.24) is 30.2 Å². The molecule has 0 unspecified atom stereocenters. The fraction of sp³-hybridized carbons (Fsp3) is 0.217. The molecule has 5 rings (SSSR count). The molecule has 0 aliphatic carbocycles. The number of amides is 1. The van der Waals surface area contributed by atoms with Crippen molar-refractivity contribution in [3.8, 4) is 22.7 Å². The Morgan fingerprint density at radius 3 is 2.67 bits per heavy atom. The number of nitrogens with one attached hydrogen (secondary N) is 2. The van der Waals surface area contributed by atoms with Crippen LogP contribution < -0.4 is 15.6 Å². The number of benzene rings is 2. The average Bonchev–Trinajstić information content (AvgIpc) is 3.33. The number of aromatic amines is 1. The van der Waals surface area contributed by atoms with Gasteiger partial charge in [-0.2, -0.15) is 0 Å². The molecule has 33 heavy (non-hydrogen) atoms. The Hall–Kier alpha value is -4.05. The summed E-state index contributed by atoms with van der Waals surface area (Å²) in [5.74, 6) is 0.138. The Morgan fingerprint density at radius 2 is 1.88 bits per heavy atom. The van der Waals surface area contributed by atoms with Gasteiger partial charge >= 0.3 is 0 Å². The normalized spacial score (nSPS) is 13.9. The highest BCUT2D eigenvalue weighted by atomic mass is 19.1. The first-order valence-corrected chi connectivity index (χ1v) is 10.5. The number of halogens is 1. The minimum Gasteiger partial charge on any atom is -0.484 e. The van der Waals surface area contributed by atoms with Crippen LogP contribution in [0.3, 0.4) is 0 Å². The molecule has 10 heteroatoms. The molecule has 1 aliphatic rings. The van der Waals surface area contributed by atoms with Gasteiger partial charge in [-0.1, -0.05) is 5.21 Å². The lowest BCUT2D eigenvalue weighted by Crippen LogP contribution is -2.47. The van der Waals surface area contributed by atoms with E-state index in [1.54, 1.807) is 41.4 Å². The highest BCUT2D eigenvalue weighted by Gasteiger charge is 2.16. The summed E-state index contributed by atoms with van der Waals surface area (Å²) >= 11 is 0. The summed E-state index contributed by atoms with van der Waals surface area (Å²) in [5, 5.41) is 12.0. The van der Waals surface area contributed by atoms with Crippen LogP contribution in [-0.4, -0.2) is 63.6 Å². The smallest absolute Gasteiger partial charge is 0.260 e. The molecule has 1 fully saturated rings. The number of hydrogen-bond acceptors (Lipinski definition) is 6. The lowest BCUT2D eigenvalue weighted by Gasteiger charge is -2.27. The number of H-pyrrole nitrogens is 1. The number of fused-ring (bicyclic) bond motifs is 1. The predicted octanol–water partition coefficient (Wildman–Crippen LogP) is 1.73. The van der Waals surface area contributed by atoms with Crippen LogP contribution in [0.2, 0.25) is 0 Å². The highest BCUT2D eigenvalue weighted by Crippen LogP contribution is 2.20. The zero-order chi connectivity index (χ0) is 22.8. The standard InChI is InChI=1S/C23H21FN6O3/c24-16-1-6-20-15(11-16)12-19(23(32)26-20)21-13-30(28-27-21)17-2-4-18(5-3-17)33-14-22(31)29-9-7-25-8-10-29/h1-6,11-13,25H,7-10,14H2,(H,26,32). The largest absolute Gasteiger partial charge is 0.484 e. The summed E-state index contributed by atoms with van der Waals surface area (Å²) < 4.78 is 20.7. The van der Waals surface area contributed by atoms with Gasteiger partial charge in [0.15, 0.2) is 6.61 Å². The topological polar surface area (TPSA) is 105 Å². The SMILES string of the molecule is O=C(COc1ccc(-n2cc(-c3cc4cc(F)ccc4[nH]c3=O)nn2)cc1)N1CCNCC1. The third-order valence-corrected chi connectivity index (χ3v) is 5.51. The number of carbonyl (C=O) groups is 1. The molecule has 1 saturated heterocycles. The van der Waals surface area contributed by atoms with Crippen molar-refractivity contribution < 1.29 is 13.9 Å². The van der Waals surface area contributed by atoms with Crippen LogP contribution in [0, 0.1) is 5.82 Å². The molecule has 2 aromatic carbocycles. The summed E-state index contributed by atoms with van der Waals surface area (Å²) in [4.78, 5) is 29.2. The van der Waals surface area contributed by atoms with Gasteiger partial charge in [-0.3, -0.25) is 9.59 Å². The number of piperazine rings is 1. The first-order chi connectivity index (χ1) is 16.1. The Balaban J connectivity index is 1.30. The molecule has 1 amide bonds. The molecule has 4 aromatic rings. The first-order valence-electron chi connectivity index (χ1n) is 10.5. The maximum atomic E-state index is 13.6. The van der Waals surface area contributed by atoms with Crippen molar-refractivity contribution in [3.63, 3.8) is 0 Å². The molecule has 1 aliphatic heterocycles. The minimum absolute atomic E-state index is 0.0157. The Kier molecular flexibility index (Phi) is 5.57. The lowest BCUT2D eigenvalue weighted by atomic mass is 10.1. The summed E-state index contributed by atoms with van der Waals surface area (Å²) in [7, 11) is 0. The van der Waals surface area contributed by atoms with E-state index in [1.807, 2.05) is 0 Å². The van der Waals surface area contributed by atoms with E-state index in [2.05, 4.69) is 20.6 Å². The van der Waals surface area contributed by atoms with E-state index < -0.39 is 0 Å². The molecule has 2 aromatic heterocycles. The van der Waals surface area contributed by atoms with E-state index in [0.29, 0.717) is 46.7 Å². The van der Waals surface area contributed by atoms with E-state index in [-0.39, 0.29) is 23.9 Å². The van der Waals surface area contributed by atoms with Crippen LogP contribution in [0.15, 0.2) is 59.5 Å². The van der Waals surface area contributed by atoms with Gasteiger partial charge in [-0.25, -0.2) is 9.07 Å². The quantitative estimate of drug-likeness (QED) is 0.482. The number of nitrogens with zero attached hydrogens (tertiary/aromatic N) is 4. The van der Waals surface area contributed by atoms with Gasteiger partial charge in [0.2, 0.25) is 0 Å². The maximum absolute atomic E-state index is 13.6. The lowest BCUT2D eigenvalue weighted by molar-refractivity contribution is -0.133. The fourth-order valence-electron chi connectivity index (χ4n) is 3.73. The summed E-state index contributed by atoms with van der Waals surface area (Å²) in [6.45, 7) is 2.94. The monoisotopic (exact) mass is 448 g/mol. The second-order valence-electron chi connectivity index (χ2n) is 7.71. The first kappa shape index (κ1) is 20.8. The van der Waals surface area contributed by atoms with Gasteiger partial charge in [0.1, 0.15) is 17.3 Å². The van der Waals surface area contributed by atoms with E-state index in [1.165, 1.54) is 22.9 Å². The van der Waals surface area contributed by atoms with Crippen molar-refractivity contribution >= 4 is 16.8 Å².